The summed E-state index contributed by atoms with van der Waals surface area (Å²) in [7, 11) is 0. The summed E-state index contributed by atoms with van der Waals surface area (Å²) in [6, 6.07) is 11.7. The predicted octanol–water partition coefficient (Wildman–Crippen LogP) is 2.12. The second kappa shape index (κ2) is 4.79. The summed E-state index contributed by atoms with van der Waals surface area (Å²) in [6.07, 6.45) is 1.45. The second-order valence-electron chi connectivity index (χ2n) is 5.52. The Kier molecular flexibility index (Phi) is 3.17. The van der Waals surface area contributed by atoms with Crippen LogP contribution in [-0.2, 0) is 6.54 Å². The topological polar surface area (TPSA) is 15.3 Å². The third kappa shape index (κ3) is 2.24. The van der Waals surface area contributed by atoms with Crippen LogP contribution in [0.4, 0.5) is 0 Å². The zero-order valence-electron chi connectivity index (χ0n) is 10.6. The number of nitrogens with one attached hydrogen (secondary N) is 1. The molecule has 2 nitrogen and oxygen atoms in total. The lowest BCUT2D eigenvalue weighted by Crippen LogP contribution is -2.63. The van der Waals surface area contributed by atoms with Crippen LogP contribution in [0.3, 0.4) is 0 Å². The zero-order chi connectivity index (χ0) is 11.7. The van der Waals surface area contributed by atoms with E-state index >= 15 is 0 Å². The van der Waals surface area contributed by atoms with E-state index in [2.05, 4.69) is 47.5 Å². The van der Waals surface area contributed by atoms with E-state index in [0.29, 0.717) is 0 Å². The largest absolute Gasteiger partial charge is 0.314 e. The SMILES string of the molecule is CCNC1C2CC1CN(Cc1ccccc1)C2. The molecule has 2 saturated heterocycles. The first-order valence-corrected chi connectivity index (χ1v) is 6.86. The van der Waals surface area contributed by atoms with Gasteiger partial charge in [-0.25, -0.2) is 0 Å². The van der Waals surface area contributed by atoms with Crippen LogP contribution >= 0.6 is 0 Å². The number of piperidine rings is 2. The fraction of sp³-hybridized carbons (Fsp3) is 0.600. The molecule has 1 aliphatic carbocycles. The summed E-state index contributed by atoms with van der Waals surface area (Å²) in [6.45, 7) is 7.03. The number of hydrogen-bond acceptors (Lipinski definition) is 2. The number of fused-ring (bicyclic) bond motifs is 2. The van der Waals surface area contributed by atoms with Crippen molar-refractivity contribution in [3.8, 4) is 0 Å². The van der Waals surface area contributed by atoms with Crippen molar-refractivity contribution in [1.82, 2.24) is 10.2 Å². The van der Waals surface area contributed by atoms with Crippen molar-refractivity contribution in [2.24, 2.45) is 11.8 Å². The average Bonchev–Trinajstić information content (AvgIpc) is 2.37. The van der Waals surface area contributed by atoms with Crippen LogP contribution in [0.1, 0.15) is 18.9 Å². The van der Waals surface area contributed by atoms with E-state index in [0.717, 1.165) is 31.0 Å². The summed E-state index contributed by atoms with van der Waals surface area (Å²) in [4.78, 5) is 2.63. The molecule has 2 atom stereocenters. The number of benzene rings is 1. The van der Waals surface area contributed by atoms with Crippen molar-refractivity contribution in [3.05, 3.63) is 35.9 Å². The predicted molar refractivity (Wildman–Crippen MR) is 70.8 cm³/mol. The Morgan fingerprint density at radius 1 is 1.18 bits per heavy atom. The highest BCUT2D eigenvalue weighted by molar-refractivity contribution is 5.15. The highest BCUT2D eigenvalue weighted by Gasteiger charge is 2.45. The molecule has 3 aliphatic rings. The van der Waals surface area contributed by atoms with Crippen molar-refractivity contribution in [2.75, 3.05) is 19.6 Å². The van der Waals surface area contributed by atoms with Crippen molar-refractivity contribution in [2.45, 2.75) is 25.9 Å². The van der Waals surface area contributed by atoms with Gasteiger partial charge in [-0.05, 0) is 30.4 Å². The van der Waals surface area contributed by atoms with Gasteiger partial charge in [-0.15, -0.1) is 0 Å². The summed E-state index contributed by atoms with van der Waals surface area (Å²) in [5.74, 6) is 1.80. The molecule has 92 valence electrons. The fourth-order valence-corrected chi connectivity index (χ4v) is 3.52. The van der Waals surface area contributed by atoms with Gasteiger partial charge in [0.25, 0.3) is 0 Å². The normalized spacial score (nSPS) is 32.2. The first-order valence-electron chi connectivity index (χ1n) is 6.86. The molecule has 2 bridgehead atoms. The van der Waals surface area contributed by atoms with Crippen molar-refractivity contribution >= 4 is 0 Å². The Hall–Kier alpha value is -0.860. The molecule has 2 unspecified atom stereocenters. The lowest BCUT2D eigenvalue weighted by atomic mass is 9.66. The number of nitrogens with zero attached hydrogens (tertiary/aromatic N) is 1. The van der Waals surface area contributed by atoms with E-state index in [4.69, 9.17) is 0 Å². The van der Waals surface area contributed by atoms with E-state index < -0.39 is 0 Å². The lowest BCUT2D eigenvalue weighted by Gasteiger charge is -2.54. The van der Waals surface area contributed by atoms with E-state index in [1.807, 2.05) is 0 Å². The number of rotatable bonds is 4. The van der Waals surface area contributed by atoms with E-state index in [1.165, 1.54) is 25.1 Å². The first-order chi connectivity index (χ1) is 8.36. The summed E-state index contributed by atoms with van der Waals surface area (Å²) < 4.78 is 0. The molecule has 17 heavy (non-hydrogen) atoms. The van der Waals surface area contributed by atoms with Crippen LogP contribution in [0.15, 0.2) is 30.3 Å². The molecule has 1 N–H and O–H groups in total. The van der Waals surface area contributed by atoms with Gasteiger partial charge in [0, 0.05) is 25.7 Å². The average molecular weight is 230 g/mol. The zero-order valence-corrected chi connectivity index (χ0v) is 10.6. The Morgan fingerprint density at radius 3 is 2.53 bits per heavy atom. The molecular weight excluding hydrogens is 208 g/mol. The minimum atomic E-state index is 0.812. The molecule has 3 fully saturated rings. The first kappa shape index (κ1) is 11.2. The third-order valence-electron chi connectivity index (χ3n) is 4.30. The maximum absolute atomic E-state index is 3.64. The van der Waals surface area contributed by atoms with E-state index in [9.17, 15) is 0 Å². The van der Waals surface area contributed by atoms with Crippen LogP contribution in [0, 0.1) is 11.8 Å². The van der Waals surface area contributed by atoms with Crippen LogP contribution in [0.2, 0.25) is 0 Å². The van der Waals surface area contributed by atoms with Crippen molar-refractivity contribution < 1.29 is 0 Å². The van der Waals surface area contributed by atoms with Crippen LogP contribution in [0.5, 0.6) is 0 Å². The van der Waals surface area contributed by atoms with Gasteiger partial charge in [-0.3, -0.25) is 4.90 Å². The molecule has 0 radical (unpaired) electrons. The minimum absolute atomic E-state index is 0.812. The Balaban J connectivity index is 1.56. The smallest absolute Gasteiger partial charge is 0.0233 e. The van der Waals surface area contributed by atoms with E-state index in [1.54, 1.807) is 0 Å². The van der Waals surface area contributed by atoms with Crippen molar-refractivity contribution in [3.63, 3.8) is 0 Å². The van der Waals surface area contributed by atoms with Gasteiger partial charge < -0.3 is 5.32 Å². The Bertz CT molecular complexity index is 350. The molecule has 0 amide bonds. The van der Waals surface area contributed by atoms with Crippen LogP contribution < -0.4 is 5.32 Å². The number of hydrogen-bond donors (Lipinski definition) is 1. The summed E-state index contributed by atoms with van der Waals surface area (Å²) in [5.41, 5.74) is 1.45. The summed E-state index contributed by atoms with van der Waals surface area (Å²) in [5, 5.41) is 3.64. The minimum Gasteiger partial charge on any atom is -0.314 e. The van der Waals surface area contributed by atoms with Gasteiger partial charge >= 0.3 is 0 Å². The lowest BCUT2D eigenvalue weighted by molar-refractivity contribution is -0.0177. The molecule has 1 aromatic carbocycles. The van der Waals surface area contributed by atoms with Crippen LogP contribution in [-0.4, -0.2) is 30.6 Å². The molecule has 2 heteroatoms. The molecule has 1 aromatic rings. The third-order valence-corrected chi connectivity index (χ3v) is 4.30. The second-order valence-corrected chi connectivity index (χ2v) is 5.52. The molecule has 0 aromatic heterocycles. The molecule has 0 spiro atoms. The van der Waals surface area contributed by atoms with Gasteiger partial charge in [0.05, 0.1) is 0 Å². The monoisotopic (exact) mass is 230 g/mol. The summed E-state index contributed by atoms with van der Waals surface area (Å²) >= 11 is 0. The van der Waals surface area contributed by atoms with Gasteiger partial charge in [-0.2, -0.15) is 0 Å². The van der Waals surface area contributed by atoms with Gasteiger partial charge in [0.2, 0.25) is 0 Å². The van der Waals surface area contributed by atoms with Gasteiger partial charge in [0.1, 0.15) is 0 Å². The Morgan fingerprint density at radius 2 is 1.88 bits per heavy atom. The molecule has 1 saturated carbocycles. The molecular formula is C15H22N2. The van der Waals surface area contributed by atoms with Gasteiger partial charge in [-0.1, -0.05) is 37.3 Å². The Labute approximate surface area is 104 Å². The van der Waals surface area contributed by atoms with E-state index in [-0.39, 0.29) is 0 Å². The van der Waals surface area contributed by atoms with Crippen molar-refractivity contribution in [1.29, 1.82) is 0 Å². The maximum atomic E-state index is 3.64. The fourth-order valence-electron chi connectivity index (χ4n) is 3.52. The van der Waals surface area contributed by atoms with Gasteiger partial charge in [0.15, 0.2) is 0 Å². The molecule has 4 rings (SSSR count). The highest BCUT2D eigenvalue weighted by Crippen LogP contribution is 2.40. The van der Waals surface area contributed by atoms with Crippen LogP contribution in [0.25, 0.3) is 0 Å². The highest BCUT2D eigenvalue weighted by atomic mass is 15.2. The molecule has 2 aliphatic heterocycles. The standard InChI is InChI=1S/C15H22N2/c1-2-16-15-13-8-14(15)11-17(10-13)9-12-6-4-3-5-7-12/h3-7,13-16H,2,8-11H2,1H3. The quantitative estimate of drug-likeness (QED) is 0.852. The molecule has 2 heterocycles. The maximum Gasteiger partial charge on any atom is 0.0233 e.